The molecule has 0 radical (unpaired) electrons. The predicted octanol–water partition coefficient (Wildman–Crippen LogP) is 1.29. The summed E-state index contributed by atoms with van der Waals surface area (Å²) >= 11 is 0. The molecule has 0 spiro atoms. The number of rotatable bonds is 4. The van der Waals surface area contributed by atoms with Crippen molar-refractivity contribution in [3.63, 3.8) is 0 Å². The van der Waals surface area contributed by atoms with Crippen molar-refractivity contribution < 1.29 is 13.5 Å². The summed E-state index contributed by atoms with van der Waals surface area (Å²) in [5, 5.41) is 7.13. The van der Waals surface area contributed by atoms with Gasteiger partial charge in [-0.2, -0.15) is 13.9 Å². The van der Waals surface area contributed by atoms with Crippen LogP contribution in [-0.2, 0) is 0 Å². The van der Waals surface area contributed by atoms with E-state index in [1.807, 2.05) is 0 Å². The summed E-state index contributed by atoms with van der Waals surface area (Å²) in [6, 6.07) is 6.24. The van der Waals surface area contributed by atoms with Crippen LogP contribution in [0.5, 0.6) is 5.75 Å². The molecule has 0 unspecified atom stereocenters. The smallest absolute Gasteiger partial charge is 0.387 e. The number of nitrogens with two attached hydrogens (primary N) is 2. The largest absolute Gasteiger partial charge is 0.434 e. The molecule has 0 fully saturated rings. The molecular formula is C10H12F2N4O. The molecule has 0 aliphatic rings. The maximum absolute atomic E-state index is 12.1. The Balaban J connectivity index is 3.04. The number of ether oxygens (including phenoxy) is 1. The van der Waals surface area contributed by atoms with E-state index in [0.29, 0.717) is 11.3 Å². The van der Waals surface area contributed by atoms with Crippen molar-refractivity contribution in [2.24, 2.45) is 21.7 Å². The highest BCUT2D eigenvalue weighted by Crippen LogP contribution is 2.21. The second kappa shape index (κ2) is 5.78. The molecule has 4 N–H and O–H groups in total. The van der Waals surface area contributed by atoms with Crippen LogP contribution in [0.2, 0.25) is 0 Å². The van der Waals surface area contributed by atoms with E-state index in [9.17, 15) is 8.78 Å². The Bertz CT molecular complexity index is 442. The molecule has 0 amide bonds. The lowest BCUT2D eigenvalue weighted by Crippen LogP contribution is -2.22. The van der Waals surface area contributed by atoms with Crippen molar-refractivity contribution in [2.45, 2.75) is 13.5 Å². The van der Waals surface area contributed by atoms with Crippen LogP contribution in [0.25, 0.3) is 0 Å². The van der Waals surface area contributed by atoms with Crippen LogP contribution in [0.1, 0.15) is 12.5 Å². The normalized spacial score (nSPS) is 11.4. The lowest BCUT2D eigenvalue weighted by Gasteiger charge is -2.09. The Hall–Kier alpha value is -2.18. The second-order valence-electron chi connectivity index (χ2n) is 3.08. The SMILES string of the molecule is CC(=NN=C(N)N)c1ccccc1OC(F)F. The second-order valence-corrected chi connectivity index (χ2v) is 3.08. The van der Waals surface area contributed by atoms with E-state index in [0.717, 1.165) is 0 Å². The van der Waals surface area contributed by atoms with Gasteiger partial charge < -0.3 is 16.2 Å². The standard InChI is InChI=1S/C10H12F2N4O/c1-6(15-16-10(13)14)7-4-2-3-5-8(7)17-9(11)12/h2-5,9H,1H3,(H4,13,14,16). The monoisotopic (exact) mass is 242 g/mol. The Morgan fingerprint density at radius 2 is 1.88 bits per heavy atom. The first-order valence-electron chi connectivity index (χ1n) is 4.68. The molecular weight excluding hydrogens is 230 g/mol. The van der Waals surface area contributed by atoms with Crippen molar-refractivity contribution >= 4 is 11.7 Å². The highest BCUT2D eigenvalue weighted by atomic mass is 19.3. The Morgan fingerprint density at radius 1 is 1.24 bits per heavy atom. The molecule has 17 heavy (non-hydrogen) atoms. The quantitative estimate of drug-likeness (QED) is 0.474. The van der Waals surface area contributed by atoms with Gasteiger partial charge in [0, 0.05) is 5.56 Å². The molecule has 0 bridgehead atoms. The first kappa shape index (κ1) is 12.9. The summed E-state index contributed by atoms with van der Waals surface area (Å²) in [4.78, 5) is 0. The minimum absolute atomic E-state index is 0.0227. The van der Waals surface area contributed by atoms with Crippen molar-refractivity contribution in [1.29, 1.82) is 0 Å². The van der Waals surface area contributed by atoms with Gasteiger partial charge in [0.25, 0.3) is 0 Å². The van der Waals surface area contributed by atoms with Crippen molar-refractivity contribution in [3.8, 4) is 5.75 Å². The zero-order chi connectivity index (χ0) is 12.8. The highest BCUT2D eigenvalue weighted by molar-refractivity contribution is 6.01. The van der Waals surface area contributed by atoms with Crippen LogP contribution in [0, 0.1) is 0 Å². The Morgan fingerprint density at radius 3 is 2.47 bits per heavy atom. The highest BCUT2D eigenvalue weighted by Gasteiger charge is 2.10. The molecule has 1 aromatic rings. The van der Waals surface area contributed by atoms with Gasteiger partial charge >= 0.3 is 6.61 Å². The van der Waals surface area contributed by atoms with E-state index in [4.69, 9.17) is 11.5 Å². The fourth-order valence-corrected chi connectivity index (χ4v) is 1.15. The van der Waals surface area contributed by atoms with Gasteiger partial charge in [0.2, 0.25) is 5.96 Å². The molecule has 5 nitrogen and oxygen atoms in total. The third kappa shape index (κ3) is 4.06. The van der Waals surface area contributed by atoms with E-state index in [1.165, 1.54) is 6.07 Å². The fourth-order valence-electron chi connectivity index (χ4n) is 1.15. The van der Waals surface area contributed by atoms with E-state index in [-0.39, 0.29) is 11.7 Å². The molecule has 92 valence electrons. The molecule has 0 aliphatic heterocycles. The molecule has 0 atom stereocenters. The van der Waals surface area contributed by atoms with Crippen LogP contribution in [0.15, 0.2) is 34.5 Å². The van der Waals surface area contributed by atoms with Crippen molar-refractivity contribution in [3.05, 3.63) is 29.8 Å². The van der Waals surface area contributed by atoms with Gasteiger partial charge in [0.15, 0.2) is 0 Å². The summed E-state index contributed by atoms with van der Waals surface area (Å²) < 4.78 is 28.6. The van der Waals surface area contributed by atoms with Crippen LogP contribution >= 0.6 is 0 Å². The lowest BCUT2D eigenvalue weighted by molar-refractivity contribution is -0.0499. The third-order valence-electron chi connectivity index (χ3n) is 1.81. The number of hydrogen-bond acceptors (Lipinski definition) is 3. The minimum Gasteiger partial charge on any atom is -0.434 e. The van der Waals surface area contributed by atoms with Gasteiger partial charge in [0.05, 0.1) is 5.71 Å². The molecule has 0 aromatic heterocycles. The summed E-state index contributed by atoms with van der Waals surface area (Å²) in [6.07, 6.45) is 0. The molecule has 0 aliphatic carbocycles. The number of benzene rings is 1. The zero-order valence-corrected chi connectivity index (χ0v) is 9.10. The summed E-state index contributed by atoms with van der Waals surface area (Å²) in [5.74, 6) is -0.189. The Labute approximate surface area is 96.8 Å². The van der Waals surface area contributed by atoms with Crippen molar-refractivity contribution in [2.75, 3.05) is 0 Å². The first-order chi connectivity index (χ1) is 8.00. The Kier molecular flexibility index (Phi) is 4.38. The number of hydrogen-bond donors (Lipinski definition) is 2. The maximum Gasteiger partial charge on any atom is 0.387 e. The van der Waals surface area contributed by atoms with Crippen LogP contribution in [-0.4, -0.2) is 18.3 Å². The molecule has 0 saturated carbocycles. The topological polar surface area (TPSA) is 86.0 Å². The van der Waals surface area contributed by atoms with Gasteiger partial charge in [-0.3, -0.25) is 0 Å². The number of para-hydroxylation sites is 1. The van der Waals surface area contributed by atoms with E-state index in [2.05, 4.69) is 14.9 Å². The number of guanidine groups is 1. The van der Waals surface area contributed by atoms with Gasteiger partial charge in [-0.25, -0.2) is 0 Å². The third-order valence-corrected chi connectivity index (χ3v) is 1.81. The molecule has 1 aromatic carbocycles. The zero-order valence-electron chi connectivity index (χ0n) is 9.10. The predicted molar refractivity (Wildman–Crippen MR) is 61.1 cm³/mol. The van der Waals surface area contributed by atoms with E-state index in [1.54, 1.807) is 25.1 Å². The number of alkyl halides is 2. The molecule has 0 saturated heterocycles. The average molecular weight is 242 g/mol. The van der Waals surface area contributed by atoms with Gasteiger partial charge in [-0.1, -0.05) is 12.1 Å². The van der Waals surface area contributed by atoms with Crippen LogP contribution in [0.3, 0.4) is 0 Å². The van der Waals surface area contributed by atoms with Gasteiger partial charge in [-0.15, -0.1) is 5.10 Å². The lowest BCUT2D eigenvalue weighted by atomic mass is 10.1. The van der Waals surface area contributed by atoms with Crippen LogP contribution in [0.4, 0.5) is 8.78 Å². The average Bonchev–Trinajstić information content (AvgIpc) is 2.25. The van der Waals surface area contributed by atoms with Gasteiger partial charge in [0.1, 0.15) is 5.75 Å². The maximum atomic E-state index is 12.1. The van der Waals surface area contributed by atoms with Gasteiger partial charge in [-0.05, 0) is 19.1 Å². The number of halogens is 2. The minimum atomic E-state index is -2.90. The van der Waals surface area contributed by atoms with Crippen molar-refractivity contribution in [1.82, 2.24) is 0 Å². The molecule has 1 rings (SSSR count). The summed E-state index contributed by atoms with van der Waals surface area (Å²) in [7, 11) is 0. The van der Waals surface area contributed by atoms with E-state index >= 15 is 0 Å². The van der Waals surface area contributed by atoms with Crippen LogP contribution < -0.4 is 16.2 Å². The molecule has 0 heterocycles. The fraction of sp³-hybridized carbons (Fsp3) is 0.200. The van der Waals surface area contributed by atoms with E-state index < -0.39 is 6.61 Å². The summed E-state index contributed by atoms with van der Waals surface area (Å²) in [6.45, 7) is -1.31. The number of nitrogens with zero attached hydrogens (tertiary/aromatic N) is 2. The molecule has 7 heteroatoms. The summed E-state index contributed by atoms with van der Waals surface area (Å²) in [5.41, 5.74) is 11.0. The first-order valence-corrected chi connectivity index (χ1v) is 4.68.